The molecule has 2 rings (SSSR count). The van der Waals surface area contributed by atoms with E-state index in [1.54, 1.807) is 12.3 Å². The van der Waals surface area contributed by atoms with Gasteiger partial charge in [-0.2, -0.15) is 13.2 Å². The molecular formula is C13H17F3N4. The molecule has 0 saturated heterocycles. The summed E-state index contributed by atoms with van der Waals surface area (Å²) in [7, 11) is 1.41. The Hall–Kier alpha value is -1.76. The highest BCUT2D eigenvalue weighted by molar-refractivity contribution is 5.55. The van der Waals surface area contributed by atoms with Gasteiger partial charge in [0.2, 0.25) is 0 Å². The minimum absolute atomic E-state index is 0.356. The van der Waals surface area contributed by atoms with Gasteiger partial charge in [0, 0.05) is 19.8 Å². The standard InChI is InChI=1S/C13H17F3N4/c1-3-17-8-10-12(19(2)9-13(14,15)16)18-11-6-4-5-7-20(10)11/h4-7,17H,3,8-9H2,1-2H3. The molecule has 2 aromatic rings. The van der Waals surface area contributed by atoms with Gasteiger partial charge in [-0.1, -0.05) is 13.0 Å². The lowest BCUT2D eigenvalue weighted by Crippen LogP contribution is -2.32. The smallest absolute Gasteiger partial charge is 0.349 e. The molecule has 0 fully saturated rings. The number of pyridine rings is 1. The van der Waals surface area contributed by atoms with Gasteiger partial charge >= 0.3 is 6.18 Å². The second kappa shape index (κ2) is 5.70. The fourth-order valence-corrected chi connectivity index (χ4v) is 2.09. The van der Waals surface area contributed by atoms with Gasteiger partial charge in [0.25, 0.3) is 0 Å². The molecule has 0 spiro atoms. The van der Waals surface area contributed by atoms with Gasteiger partial charge in [0.05, 0.1) is 5.69 Å². The van der Waals surface area contributed by atoms with Crippen molar-refractivity contribution in [3.05, 3.63) is 30.1 Å². The Balaban J connectivity index is 2.40. The Kier molecular flexibility index (Phi) is 4.17. The number of aromatic nitrogens is 2. The van der Waals surface area contributed by atoms with Crippen molar-refractivity contribution in [3.8, 4) is 0 Å². The van der Waals surface area contributed by atoms with Crippen LogP contribution in [0.2, 0.25) is 0 Å². The molecule has 0 saturated carbocycles. The first-order valence-electron chi connectivity index (χ1n) is 6.37. The third-order valence-corrected chi connectivity index (χ3v) is 2.93. The Morgan fingerprint density at radius 2 is 2.10 bits per heavy atom. The second-order valence-corrected chi connectivity index (χ2v) is 4.56. The van der Waals surface area contributed by atoms with Crippen LogP contribution in [0.4, 0.5) is 19.0 Å². The summed E-state index contributed by atoms with van der Waals surface area (Å²) in [6, 6.07) is 5.42. The number of alkyl halides is 3. The highest BCUT2D eigenvalue weighted by Crippen LogP contribution is 2.24. The van der Waals surface area contributed by atoms with Crippen LogP contribution < -0.4 is 10.2 Å². The molecule has 20 heavy (non-hydrogen) atoms. The molecule has 1 N–H and O–H groups in total. The Morgan fingerprint density at radius 3 is 2.75 bits per heavy atom. The Labute approximate surface area is 115 Å². The number of nitrogens with one attached hydrogen (secondary N) is 1. The summed E-state index contributed by atoms with van der Waals surface area (Å²) < 4.78 is 39.4. The normalized spacial score (nSPS) is 12.1. The molecular weight excluding hydrogens is 269 g/mol. The van der Waals surface area contributed by atoms with Crippen molar-refractivity contribution >= 4 is 11.5 Å². The Morgan fingerprint density at radius 1 is 1.35 bits per heavy atom. The maximum Gasteiger partial charge on any atom is 0.405 e. The van der Waals surface area contributed by atoms with Crippen LogP contribution in [0.1, 0.15) is 12.6 Å². The number of fused-ring (bicyclic) bond motifs is 1. The number of nitrogens with zero attached hydrogens (tertiary/aromatic N) is 3. The minimum atomic E-state index is -4.25. The predicted molar refractivity (Wildman–Crippen MR) is 71.9 cm³/mol. The summed E-state index contributed by atoms with van der Waals surface area (Å²) >= 11 is 0. The molecule has 0 bridgehead atoms. The van der Waals surface area contributed by atoms with Crippen molar-refractivity contribution in [3.63, 3.8) is 0 Å². The lowest BCUT2D eigenvalue weighted by Gasteiger charge is -2.20. The molecule has 110 valence electrons. The van der Waals surface area contributed by atoms with E-state index in [0.29, 0.717) is 18.0 Å². The van der Waals surface area contributed by atoms with Gasteiger partial charge in [-0.15, -0.1) is 0 Å². The van der Waals surface area contributed by atoms with E-state index in [0.717, 1.165) is 17.1 Å². The van der Waals surface area contributed by atoms with Gasteiger partial charge in [-0.25, -0.2) is 4.98 Å². The zero-order valence-electron chi connectivity index (χ0n) is 11.4. The molecule has 0 aliphatic rings. The van der Waals surface area contributed by atoms with Crippen LogP contribution in [0.25, 0.3) is 5.65 Å². The topological polar surface area (TPSA) is 32.6 Å². The maximum atomic E-state index is 12.5. The van der Waals surface area contributed by atoms with Crippen molar-refractivity contribution in [2.24, 2.45) is 0 Å². The molecule has 0 aliphatic carbocycles. The maximum absolute atomic E-state index is 12.5. The third-order valence-electron chi connectivity index (χ3n) is 2.93. The van der Waals surface area contributed by atoms with E-state index in [9.17, 15) is 13.2 Å². The Bertz CT molecular complexity index is 576. The largest absolute Gasteiger partial charge is 0.405 e. The molecule has 0 amide bonds. The van der Waals surface area contributed by atoms with Crippen LogP contribution in [0.5, 0.6) is 0 Å². The van der Waals surface area contributed by atoms with Crippen molar-refractivity contribution in [2.45, 2.75) is 19.6 Å². The van der Waals surface area contributed by atoms with Crippen molar-refractivity contribution in [1.29, 1.82) is 0 Å². The molecule has 2 aromatic heterocycles. The lowest BCUT2D eigenvalue weighted by molar-refractivity contribution is -0.119. The summed E-state index contributed by atoms with van der Waals surface area (Å²) in [5, 5.41) is 3.13. The van der Waals surface area contributed by atoms with E-state index < -0.39 is 12.7 Å². The van der Waals surface area contributed by atoms with E-state index in [1.165, 1.54) is 7.05 Å². The molecule has 0 radical (unpaired) electrons. The molecule has 4 nitrogen and oxygen atoms in total. The first-order chi connectivity index (χ1) is 9.42. The SMILES string of the molecule is CCNCc1c(N(C)CC(F)(F)F)nc2ccccn12. The fraction of sp³-hybridized carbons (Fsp3) is 0.462. The van der Waals surface area contributed by atoms with Gasteiger partial charge in [0.15, 0.2) is 5.82 Å². The second-order valence-electron chi connectivity index (χ2n) is 4.56. The molecule has 0 aliphatic heterocycles. The zero-order chi connectivity index (χ0) is 14.8. The molecule has 2 heterocycles. The quantitative estimate of drug-likeness (QED) is 0.916. The summed E-state index contributed by atoms with van der Waals surface area (Å²) in [6.45, 7) is 2.14. The van der Waals surface area contributed by atoms with E-state index in [1.807, 2.05) is 23.5 Å². The predicted octanol–water partition coefficient (Wildman–Crippen LogP) is 2.44. The monoisotopic (exact) mass is 286 g/mol. The van der Waals surface area contributed by atoms with Crippen molar-refractivity contribution < 1.29 is 13.2 Å². The number of rotatable bonds is 5. The first kappa shape index (κ1) is 14.6. The van der Waals surface area contributed by atoms with Crippen molar-refractivity contribution in [2.75, 3.05) is 25.0 Å². The van der Waals surface area contributed by atoms with Crippen LogP contribution in [0, 0.1) is 0 Å². The number of anilines is 1. The first-order valence-corrected chi connectivity index (χ1v) is 6.37. The van der Waals surface area contributed by atoms with E-state index in [-0.39, 0.29) is 0 Å². The molecule has 0 unspecified atom stereocenters. The summed E-state index contributed by atoms with van der Waals surface area (Å²) in [5.41, 5.74) is 1.37. The lowest BCUT2D eigenvalue weighted by atomic mass is 10.3. The van der Waals surface area contributed by atoms with Crippen LogP contribution >= 0.6 is 0 Å². The summed E-state index contributed by atoms with van der Waals surface area (Å²) in [5.74, 6) is 0.356. The van der Waals surface area contributed by atoms with Gasteiger partial charge < -0.3 is 14.6 Å². The van der Waals surface area contributed by atoms with Gasteiger partial charge in [-0.05, 0) is 18.7 Å². The van der Waals surface area contributed by atoms with E-state index in [4.69, 9.17) is 0 Å². The van der Waals surface area contributed by atoms with Gasteiger partial charge in [0.1, 0.15) is 12.2 Å². The number of imidazole rings is 1. The average Bonchev–Trinajstić information content (AvgIpc) is 2.73. The van der Waals surface area contributed by atoms with Crippen LogP contribution in [0.3, 0.4) is 0 Å². The molecule has 7 heteroatoms. The van der Waals surface area contributed by atoms with Crippen LogP contribution in [-0.2, 0) is 6.54 Å². The van der Waals surface area contributed by atoms with Crippen molar-refractivity contribution in [1.82, 2.24) is 14.7 Å². The summed E-state index contributed by atoms with van der Waals surface area (Å²) in [4.78, 5) is 5.44. The fourth-order valence-electron chi connectivity index (χ4n) is 2.09. The van der Waals surface area contributed by atoms with Crippen LogP contribution in [0.15, 0.2) is 24.4 Å². The zero-order valence-corrected chi connectivity index (χ0v) is 11.4. The van der Waals surface area contributed by atoms with E-state index in [2.05, 4.69) is 10.3 Å². The number of hydrogen-bond acceptors (Lipinski definition) is 3. The highest BCUT2D eigenvalue weighted by Gasteiger charge is 2.31. The minimum Gasteiger partial charge on any atom is -0.349 e. The third kappa shape index (κ3) is 3.22. The van der Waals surface area contributed by atoms with E-state index >= 15 is 0 Å². The number of halogens is 3. The highest BCUT2D eigenvalue weighted by atomic mass is 19.4. The average molecular weight is 286 g/mol. The number of hydrogen-bond donors (Lipinski definition) is 1. The molecule has 0 atom stereocenters. The molecule has 0 aromatic carbocycles. The summed E-state index contributed by atoms with van der Waals surface area (Å²) in [6.07, 6.45) is -2.44. The van der Waals surface area contributed by atoms with Crippen LogP contribution in [-0.4, -0.2) is 35.7 Å². The van der Waals surface area contributed by atoms with Gasteiger partial charge in [-0.3, -0.25) is 0 Å².